The van der Waals surface area contributed by atoms with Gasteiger partial charge in [-0.1, -0.05) is 6.07 Å². The van der Waals surface area contributed by atoms with Crippen molar-refractivity contribution in [1.29, 1.82) is 0 Å². The smallest absolute Gasteiger partial charge is 0.124 e. The number of methoxy groups -OCH3 is 1. The quantitative estimate of drug-likeness (QED) is 0.636. The van der Waals surface area contributed by atoms with Gasteiger partial charge in [-0.2, -0.15) is 0 Å². The Morgan fingerprint density at radius 2 is 2.17 bits per heavy atom. The molecule has 0 saturated heterocycles. The van der Waals surface area contributed by atoms with E-state index >= 15 is 0 Å². The first-order chi connectivity index (χ1) is 5.76. The molecule has 0 aliphatic rings. The average molecular weight is 164 g/mol. The highest BCUT2D eigenvalue weighted by molar-refractivity contribution is 5.55. The summed E-state index contributed by atoms with van der Waals surface area (Å²) < 4.78 is 5.07. The Morgan fingerprint density at radius 1 is 1.42 bits per heavy atom. The van der Waals surface area contributed by atoms with Gasteiger partial charge in [-0.15, -0.1) is 0 Å². The van der Waals surface area contributed by atoms with Gasteiger partial charge in [0.25, 0.3) is 0 Å². The molecule has 0 saturated carbocycles. The molecule has 1 aromatic rings. The van der Waals surface area contributed by atoms with Gasteiger partial charge in [0, 0.05) is 6.42 Å². The SMILES string of the molecule is COc1cc(C)cc(CC=O)c1. The predicted octanol–water partition coefficient (Wildman–Crippen LogP) is 1.75. The summed E-state index contributed by atoms with van der Waals surface area (Å²) in [5.41, 5.74) is 2.12. The summed E-state index contributed by atoms with van der Waals surface area (Å²) >= 11 is 0. The molecule has 0 unspecified atom stereocenters. The molecule has 0 aliphatic carbocycles. The summed E-state index contributed by atoms with van der Waals surface area (Å²) in [5, 5.41) is 0. The number of benzene rings is 1. The second-order valence-corrected chi connectivity index (χ2v) is 2.73. The van der Waals surface area contributed by atoms with E-state index in [0.717, 1.165) is 23.2 Å². The second-order valence-electron chi connectivity index (χ2n) is 2.73. The molecule has 12 heavy (non-hydrogen) atoms. The lowest BCUT2D eigenvalue weighted by Crippen LogP contribution is -1.90. The molecular formula is C10H12O2. The maximum atomic E-state index is 10.2. The predicted molar refractivity (Wildman–Crippen MR) is 47.5 cm³/mol. The van der Waals surface area contributed by atoms with E-state index in [0.29, 0.717) is 6.42 Å². The molecule has 0 heterocycles. The van der Waals surface area contributed by atoms with E-state index < -0.39 is 0 Å². The van der Waals surface area contributed by atoms with E-state index in [1.165, 1.54) is 0 Å². The van der Waals surface area contributed by atoms with E-state index in [2.05, 4.69) is 0 Å². The number of hydrogen-bond donors (Lipinski definition) is 0. The number of carbonyl (C=O) groups excluding carboxylic acids is 1. The van der Waals surface area contributed by atoms with Gasteiger partial charge < -0.3 is 9.53 Å². The van der Waals surface area contributed by atoms with Crippen molar-refractivity contribution in [3.8, 4) is 5.75 Å². The highest BCUT2D eigenvalue weighted by atomic mass is 16.5. The molecule has 0 bridgehead atoms. The minimum atomic E-state index is 0.456. The summed E-state index contributed by atoms with van der Waals surface area (Å²) in [6, 6.07) is 5.80. The highest BCUT2D eigenvalue weighted by Crippen LogP contribution is 2.16. The van der Waals surface area contributed by atoms with Crippen molar-refractivity contribution in [1.82, 2.24) is 0 Å². The maximum absolute atomic E-state index is 10.2. The minimum absolute atomic E-state index is 0.456. The van der Waals surface area contributed by atoms with E-state index in [1.54, 1.807) is 7.11 Å². The Kier molecular flexibility index (Phi) is 2.86. The largest absolute Gasteiger partial charge is 0.497 e. The Hall–Kier alpha value is -1.31. The Bertz CT molecular complexity index is 279. The van der Waals surface area contributed by atoms with E-state index in [4.69, 9.17) is 4.74 Å². The van der Waals surface area contributed by atoms with E-state index in [-0.39, 0.29) is 0 Å². The van der Waals surface area contributed by atoms with Crippen molar-refractivity contribution in [2.75, 3.05) is 7.11 Å². The first-order valence-corrected chi connectivity index (χ1v) is 3.84. The third-order valence-electron chi connectivity index (χ3n) is 1.67. The summed E-state index contributed by atoms with van der Waals surface area (Å²) in [7, 11) is 1.62. The summed E-state index contributed by atoms with van der Waals surface area (Å²) in [6.45, 7) is 1.98. The fraction of sp³-hybridized carbons (Fsp3) is 0.300. The number of hydrogen-bond acceptors (Lipinski definition) is 2. The van der Waals surface area contributed by atoms with Crippen LogP contribution in [-0.4, -0.2) is 13.4 Å². The summed E-state index contributed by atoms with van der Waals surface area (Å²) in [5.74, 6) is 0.812. The molecule has 1 aromatic carbocycles. The molecule has 0 spiro atoms. The van der Waals surface area contributed by atoms with Crippen LogP contribution in [0.5, 0.6) is 5.75 Å². The molecule has 0 N–H and O–H groups in total. The van der Waals surface area contributed by atoms with Gasteiger partial charge >= 0.3 is 0 Å². The Labute approximate surface area is 72.2 Å². The molecule has 1 rings (SSSR count). The van der Waals surface area contributed by atoms with Crippen molar-refractivity contribution in [2.45, 2.75) is 13.3 Å². The van der Waals surface area contributed by atoms with Crippen molar-refractivity contribution in [3.05, 3.63) is 29.3 Å². The summed E-state index contributed by atoms with van der Waals surface area (Å²) in [6.07, 6.45) is 1.35. The topological polar surface area (TPSA) is 26.3 Å². The van der Waals surface area contributed by atoms with Gasteiger partial charge in [-0.3, -0.25) is 0 Å². The number of rotatable bonds is 3. The van der Waals surface area contributed by atoms with Crippen LogP contribution in [0.15, 0.2) is 18.2 Å². The Morgan fingerprint density at radius 3 is 2.75 bits per heavy atom. The third-order valence-corrected chi connectivity index (χ3v) is 1.67. The van der Waals surface area contributed by atoms with Crippen LogP contribution < -0.4 is 4.74 Å². The van der Waals surface area contributed by atoms with Crippen molar-refractivity contribution in [2.24, 2.45) is 0 Å². The molecule has 0 amide bonds. The molecular weight excluding hydrogens is 152 g/mol. The number of aldehydes is 1. The van der Waals surface area contributed by atoms with Crippen molar-refractivity contribution in [3.63, 3.8) is 0 Å². The lowest BCUT2D eigenvalue weighted by Gasteiger charge is -2.03. The zero-order valence-corrected chi connectivity index (χ0v) is 7.33. The van der Waals surface area contributed by atoms with E-state index in [1.807, 2.05) is 25.1 Å². The van der Waals surface area contributed by atoms with Gasteiger partial charge in [-0.05, 0) is 30.2 Å². The average Bonchev–Trinajstić information content (AvgIpc) is 2.04. The van der Waals surface area contributed by atoms with Gasteiger partial charge in [0.15, 0.2) is 0 Å². The van der Waals surface area contributed by atoms with Gasteiger partial charge in [0.1, 0.15) is 12.0 Å². The fourth-order valence-electron chi connectivity index (χ4n) is 1.16. The number of ether oxygens (including phenoxy) is 1. The first-order valence-electron chi connectivity index (χ1n) is 3.84. The van der Waals surface area contributed by atoms with Crippen molar-refractivity contribution < 1.29 is 9.53 Å². The zero-order valence-electron chi connectivity index (χ0n) is 7.33. The van der Waals surface area contributed by atoms with Crippen LogP contribution in [0.2, 0.25) is 0 Å². The number of carbonyl (C=O) groups is 1. The van der Waals surface area contributed by atoms with Crippen LogP contribution in [0.3, 0.4) is 0 Å². The lowest BCUT2D eigenvalue weighted by atomic mass is 10.1. The number of aryl methyl sites for hydroxylation is 1. The fourth-order valence-corrected chi connectivity index (χ4v) is 1.16. The van der Waals surface area contributed by atoms with Crippen LogP contribution in [0.25, 0.3) is 0 Å². The highest BCUT2D eigenvalue weighted by Gasteiger charge is 1.97. The van der Waals surface area contributed by atoms with Crippen LogP contribution in [0.1, 0.15) is 11.1 Å². The maximum Gasteiger partial charge on any atom is 0.124 e. The van der Waals surface area contributed by atoms with Crippen LogP contribution in [-0.2, 0) is 11.2 Å². The van der Waals surface area contributed by atoms with Gasteiger partial charge in [0.05, 0.1) is 7.11 Å². The molecule has 0 fully saturated rings. The molecule has 0 atom stereocenters. The zero-order chi connectivity index (χ0) is 8.97. The molecule has 0 aliphatic heterocycles. The second kappa shape index (κ2) is 3.90. The molecule has 2 nitrogen and oxygen atoms in total. The van der Waals surface area contributed by atoms with Crippen LogP contribution >= 0.6 is 0 Å². The molecule has 64 valence electrons. The standard InChI is InChI=1S/C10H12O2/c1-8-5-9(3-4-11)7-10(6-8)12-2/h4-7H,3H2,1-2H3. The molecule has 0 radical (unpaired) electrons. The Balaban J connectivity index is 2.97. The van der Waals surface area contributed by atoms with Crippen molar-refractivity contribution >= 4 is 6.29 Å². The van der Waals surface area contributed by atoms with Gasteiger partial charge in [0.2, 0.25) is 0 Å². The van der Waals surface area contributed by atoms with Crippen LogP contribution in [0, 0.1) is 6.92 Å². The summed E-state index contributed by atoms with van der Waals surface area (Å²) in [4.78, 5) is 10.2. The first kappa shape index (κ1) is 8.78. The lowest BCUT2D eigenvalue weighted by molar-refractivity contribution is -0.107. The van der Waals surface area contributed by atoms with Crippen LogP contribution in [0.4, 0.5) is 0 Å². The minimum Gasteiger partial charge on any atom is -0.497 e. The third kappa shape index (κ3) is 2.09. The normalized spacial score (nSPS) is 9.50. The van der Waals surface area contributed by atoms with E-state index in [9.17, 15) is 4.79 Å². The molecule has 0 aromatic heterocycles. The van der Waals surface area contributed by atoms with Gasteiger partial charge in [-0.25, -0.2) is 0 Å². The monoisotopic (exact) mass is 164 g/mol. The molecule has 2 heteroatoms.